The van der Waals surface area contributed by atoms with Crippen LogP contribution in [0.2, 0.25) is 0 Å². The van der Waals surface area contributed by atoms with Gasteiger partial charge in [-0.05, 0) is 6.07 Å². The molecule has 1 aromatic rings. The van der Waals surface area contributed by atoms with Crippen molar-refractivity contribution in [3.05, 3.63) is 42.7 Å². The zero-order valence-electron chi connectivity index (χ0n) is 8.71. The first-order valence-corrected chi connectivity index (χ1v) is 4.89. The lowest BCUT2D eigenvalue weighted by Gasteiger charge is -2.22. The average Bonchev–Trinajstić information content (AvgIpc) is 2.56. The first-order chi connectivity index (χ1) is 7.74. The normalized spacial score (nSPS) is 19.8. The summed E-state index contributed by atoms with van der Waals surface area (Å²) in [6, 6.07) is 3.03. The highest BCUT2D eigenvalue weighted by atomic mass is 16.2. The van der Waals surface area contributed by atoms with Crippen LogP contribution in [0.5, 0.6) is 0 Å². The van der Waals surface area contributed by atoms with E-state index in [1.807, 2.05) is 6.07 Å². The second-order valence-corrected chi connectivity index (χ2v) is 3.45. The molecule has 16 heavy (non-hydrogen) atoms. The summed E-state index contributed by atoms with van der Waals surface area (Å²) in [4.78, 5) is 20.9. The number of carbonyl (C=O) groups excluding carboxylic acids is 1. The van der Waals surface area contributed by atoms with Gasteiger partial charge in [-0.25, -0.2) is 4.79 Å². The van der Waals surface area contributed by atoms with Gasteiger partial charge in [0, 0.05) is 24.5 Å². The Morgan fingerprint density at radius 2 is 2.44 bits per heavy atom. The van der Waals surface area contributed by atoms with Crippen LogP contribution in [0.1, 0.15) is 11.6 Å². The number of urea groups is 1. The standard InChI is InChI=1S/C11H12N4O/c1-2-6-15-9(10(12)14-11(15)16)8-4-3-5-13-7-8/h2-5,7,9H,1,6H2,(H2,12,14,16). The number of pyridine rings is 1. The van der Waals surface area contributed by atoms with Crippen molar-refractivity contribution in [3.63, 3.8) is 0 Å². The number of nitrogens with two attached hydrogens (primary N) is 1. The van der Waals surface area contributed by atoms with Gasteiger partial charge in [0.1, 0.15) is 11.9 Å². The molecule has 1 aromatic heterocycles. The molecule has 0 saturated carbocycles. The fraction of sp³-hybridized carbons (Fsp3) is 0.182. The quantitative estimate of drug-likeness (QED) is 0.769. The Morgan fingerprint density at radius 1 is 1.62 bits per heavy atom. The topological polar surface area (TPSA) is 71.6 Å². The largest absolute Gasteiger partial charge is 0.385 e. The second kappa shape index (κ2) is 4.14. The Kier molecular flexibility index (Phi) is 2.68. The van der Waals surface area contributed by atoms with Gasteiger partial charge in [0.2, 0.25) is 0 Å². The molecular weight excluding hydrogens is 204 g/mol. The maximum atomic E-state index is 11.5. The van der Waals surface area contributed by atoms with E-state index >= 15 is 0 Å². The number of carbonyl (C=O) groups is 1. The molecule has 1 unspecified atom stereocenters. The van der Waals surface area contributed by atoms with Crippen LogP contribution in [0.4, 0.5) is 4.79 Å². The lowest BCUT2D eigenvalue weighted by atomic mass is 10.1. The van der Waals surface area contributed by atoms with Crippen LogP contribution in [-0.4, -0.2) is 28.3 Å². The molecule has 0 saturated heterocycles. The Bertz CT molecular complexity index is 441. The summed E-state index contributed by atoms with van der Waals surface area (Å²) < 4.78 is 0. The number of aromatic nitrogens is 1. The van der Waals surface area contributed by atoms with E-state index in [-0.39, 0.29) is 12.1 Å². The van der Waals surface area contributed by atoms with Gasteiger partial charge in [0.15, 0.2) is 0 Å². The minimum atomic E-state index is -0.328. The van der Waals surface area contributed by atoms with Crippen molar-refractivity contribution < 1.29 is 4.79 Å². The third-order valence-electron chi connectivity index (χ3n) is 2.39. The molecule has 0 aliphatic carbocycles. The number of amidine groups is 1. The zero-order valence-corrected chi connectivity index (χ0v) is 8.71. The van der Waals surface area contributed by atoms with E-state index in [4.69, 9.17) is 5.73 Å². The Balaban J connectivity index is 2.35. The first-order valence-electron chi connectivity index (χ1n) is 4.89. The van der Waals surface area contributed by atoms with Gasteiger partial charge in [-0.3, -0.25) is 4.98 Å². The first kappa shape index (κ1) is 10.4. The molecule has 5 heteroatoms. The number of amides is 2. The zero-order chi connectivity index (χ0) is 11.5. The van der Waals surface area contributed by atoms with Crippen molar-refractivity contribution in [3.8, 4) is 0 Å². The molecule has 2 amide bonds. The highest BCUT2D eigenvalue weighted by molar-refractivity contribution is 6.03. The van der Waals surface area contributed by atoms with Crippen LogP contribution in [0, 0.1) is 0 Å². The van der Waals surface area contributed by atoms with E-state index in [0.29, 0.717) is 12.4 Å². The van der Waals surface area contributed by atoms with Crippen LogP contribution in [0.15, 0.2) is 42.2 Å². The van der Waals surface area contributed by atoms with Crippen molar-refractivity contribution in [2.75, 3.05) is 6.54 Å². The van der Waals surface area contributed by atoms with Gasteiger partial charge in [-0.15, -0.1) is 6.58 Å². The van der Waals surface area contributed by atoms with Crippen molar-refractivity contribution in [1.29, 1.82) is 0 Å². The average molecular weight is 216 g/mol. The van der Waals surface area contributed by atoms with Gasteiger partial charge in [0.25, 0.3) is 0 Å². The lowest BCUT2D eigenvalue weighted by Crippen LogP contribution is -2.33. The minimum Gasteiger partial charge on any atom is -0.385 e. The van der Waals surface area contributed by atoms with Gasteiger partial charge in [0.05, 0.1) is 0 Å². The molecule has 1 aliphatic rings. The molecule has 0 aromatic carbocycles. The predicted molar refractivity (Wildman–Crippen MR) is 60.9 cm³/mol. The van der Waals surface area contributed by atoms with E-state index in [1.54, 1.807) is 29.4 Å². The highest BCUT2D eigenvalue weighted by Crippen LogP contribution is 2.25. The van der Waals surface area contributed by atoms with E-state index in [2.05, 4.69) is 16.6 Å². The molecule has 1 atom stereocenters. The predicted octanol–water partition coefficient (Wildman–Crippen LogP) is 1.10. The molecule has 2 rings (SSSR count). The van der Waals surface area contributed by atoms with Crippen LogP contribution in [0.25, 0.3) is 0 Å². The molecule has 2 N–H and O–H groups in total. The minimum absolute atomic E-state index is 0.305. The number of hydrogen-bond donors (Lipinski definition) is 1. The van der Waals surface area contributed by atoms with Gasteiger partial charge in [-0.2, -0.15) is 4.99 Å². The Morgan fingerprint density at radius 3 is 3.06 bits per heavy atom. The highest BCUT2D eigenvalue weighted by Gasteiger charge is 2.33. The maximum absolute atomic E-state index is 11.5. The number of nitrogens with zero attached hydrogens (tertiary/aromatic N) is 3. The van der Waals surface area contributed by atoms with Gasteiger partial charge < -0.3 is 10.6 Å². The van der Waals surface area contributed by atoms with E-state index in [1.165, 1.54) is 0 Å². The summed E-state index contributed by atoms with van der Waals surface area (Å²) in [7, 11) is 0. The molecule has 0 fully saturated rings. The van der Waals surface area contributed by atoms with Crippen LogP contribution >= 0.6 is 0 Å². The van der Waals surface area contributed by atoms with Crippen LogP contribution in [0.3, 0.4) is 0 Å². The van der Waals surface area contributed by atoms with Crippen LogP contribution in [-0.2, 0) is 0 Å². The molecule has 0 radical (unpaired) electrons. The Hall–Kier alpha value is -2.17. The van der Waals surface area contributed by atoms with Gasteiger partial charge in [-0.1, -0.05) is 12.1 Å². The summed E-state index contributed by atoms with van der Waals surface area (Å²) in [6.45, 7) is 4.03. The Labute approximate surface area is 93.3 Å². The molecule has 0 bridgehead atoms. The fourth-order valence-corrected chi connectivity index (χ4v) is 1.72. The number of aliphatic imine (C=N–C) groups is 1. The van der Waals surface area contributed by atoms with E-state index in [0.717, 1.165) is 5.56 Å². The third kappa shape index (κ3) is 1.67. The lowest BCUT2D eigenvalue weighted by molar-refractivity contribution is 0.212. The van der Waals surface area contributed by atoms with E-state index < -0.39 is 0 Å². The fourth-order valence-electron chi connectivity index (χ4n) is 1.72. The number of rotatable bonds is 3. The smallest absolute Gasteiger partial charge is 0.346 e. The third-order valence-corrected chi connectivity index (χ3v) is 2.39. The van der Waals surface area contributed by atoms with E-state index in [9.17, 15) is 4.79 Å². The molecule has 5 nitrogen and oxygen atoms in total. The molecule has 82 valence electrons. The van der Waals surface area contributed by atoms with Gasteiger partial charge >= 0.3 is 6.03 Å². The van der Waals surface area contributed by atoms with Crippen molar-refractivity contribution in [2.45, 2.75) is 6.04 Å². The monoisotopic (exact) mass is 216 g/mol. The maximum Gasteiger partial charge on any atom is 0.346 e. The summed E-state index contributed by atoms with van der Waals surface area (Å²) in [5.41, 5.74) is 6.61. The molecule has 0 spiro atoms. The molecule has 1 aliphatic heterocycles. The summed E-state index contributed by atoms with van der Waals surface area (Å²) in [6.07, 6.45) is 5.00. The summed E-state index contributed by atoms with van der Waals surface area (Å²) in [5, 5.41) is 0. The van der Waals surface area contributed by atoms with Crippen molar-refractivity contribution in [2.24, 2.45) is 10.7 Å². The second-order valence-electron chi connectivity index (χ2n) is 3.45. The molecule has 2 heterocycles. The summed E-state index contributed by atoms with van der Waals surface area (Å²) in [5.74, 6) is 0.305. The van der Waals surface area contributed by atoms with Crippen LogP contribution < -0.4 is 5.73 Å². The summed E-state index contributed by atoms with van der Waals surface area (Å²) >= 11 is 0. The molecular formula is C11H12N4O. The van der Waals surface area contributed by atoms with Crippen molar-refractivity contribution >= 4 is 11.9 Å². The SMILES string of the molecule is C=CCN1C(=O)N=C(N)C1c1cccnc1. The number of hydrogen-bond acceptors (Lipinski definition) is 3. The van der Waals surface area contributed by atoms with Crippen molar-refractivity contribution in [1.82, 2.24) is 9.88 Å².